The van der Waals surface area contributed by atoms with Crippen LogP contribution in [0, 0.1) is 0 Å². The molecule has 0 amide bonds. The van der Waals surface area contributed by atoms with Crippen molar-refractivity contribution in [3.05, 3.63) is 5.82 Å². The fraction of sp³-hybridized carbons (Fsp3) is 0.875. The van der Waals surface area contributed by atoms with Crippen LogP contribution in [0.5, 0.6) is 0 Å². The number of nitrogens with one attached hydrogen (secondary N) is 1. The van der Waals surface area contributed by atoms with Crippen LogP contribution in [0.15, 0.2) is 0 Å². The molecule has 0 saturated carbocycles. The fourth-order valence-corrected chi connectivity index (χ4v) is 2.78. The molecule has 14 heavy (non-hydrogen) atoms. The highest BCUT2D eigenvalue weighted by Crippen LogP contribution is 2.26. The Bertz CT molecular complexity index is 281. The molecule has 1 aromatic rings. The van der Waals surface area contributed by atoms with E-state index in [-0.39, 0.29) is 0 Å². The van der Waals surface area contributed by atoms with Gasteiger partial charge in [-0.1, -0.05) is 0 Å². The van der Waals surface area contributed by atoms with Gasteiger partial charge in [-0.05, 0) is 41.8 Å². The van der Waals surface area contributed by atoms with E-state index in [1.165, 1.54) is 24.3 Å². The van der Waals surface area contributed by atoms with Gasteiger partial charge in [-0.15, -0.1) is 5.10 Å². The first-order valence-electron chi connectivity index (χ1n) is 4.91. The molecule has 78 valence electrons. The highest BCUT2D eigenvalue weighted by Gasteiger charge is 2.19. The van der Waals surface area contributed by atoms with Gasteiger partial charge in [0.2, 0.25) is 0 Å². The van der Waals surface area contributed by atoms with E-state index in [0.717, 1.165) is 12.4 Å². The van der Waals surface area contributed by atoms with Crippen LogP contribution in [-0.2, 0) is 6.54 Å². The van der Waals surface area contributed by atoms with Gasteiger partial charge in [-0.2, -0.15) is 11.8 Å². The maximum atomic E-state index is 4.06. The Kier molecular flexibility index (Phi) is 3.36. The molecule has 5 nitrogen and oxygen atoms in total. The van der Waals surface area contributed by atoms with Crippen LogP contribution in [-0.4, -0.2) is 38.8 Å². The van der Waals surface area contributed by atoms with Crippen LogP contribution < -0.4 is 5.32 Å². The van der Waals surface area contributed by atoms with Gasteiger partial charge in [0.1, 0.15) is 0 Å². The predicted molar refractivity (Wildman–Crippen MR) is 56.2 cm³/mol. The summed E-state index contributed by atoms with van der Waals surface area (Å²) in [7, 11) is 1.91. The van der Waals surface area contributed by atoms with Crippen LogP contribution >= 0.6 is 11.8 Å². The average Bonchev–Trinajstić information content (AvgIpc) is 2.68. The first kappa shape index (κ1) is 9.92. The number of aromatic nitrogens is 4. The Morgan fingerprint density at radius 2 is 2.29 bits per heavy atom. The number of thioether (sulfide) groups is 1. The van der Waals surface area contributed by atoms with Crippen molar-refractivity contribution in [2.45, 2.75) is 25.4 Å². The molecule has 6 heteroatoms. The van der Waals surface area contributed by atoms with Crippen molar-refractivity contribution in [3.63, 3.8) is 0 Å². The van der Waals surface area contributed by atoms with Crippen molar-refractivity contribution < 1.29 is 0 Å². The van der Waals surface area contributed by atoms with Crippen LogP contribution in [0.3, 0.4) is 0 Å². The van der Waals surface area contributed by atoms with Gasteiger partial charge >= 0.3 is 0 Å². The normalized spacial score (nSPS) is 18.6. The van der Waals surface area contributed by atoms with Gasteiger partial charge in [0.15, 0.2) is 5.82 Å². The SMILES string of the molecule is CNCc1nnnn1C1CCSCC1. The zero-order chi connectivity index (χ0) is 9.80. The standard InChI is InChI=1S/C8H15N5S/c1-9-6-8-10-11-12-13(8)7-2-4-14-5-3-7/h7,9H,2-6H2,1H3. The monoisotopic (exact) mass is 213 g/mol. The van der Waals surface area contributed by atoms with Crippen LogP contribution in [0.25, 0.3) is 0 Å². The number of hydrogen-bond acceptors (Lipinski definition) is 5. The minimum atomic E-state index is 0.509. The molecule has 1 saturated heterocycles. The Labute approximate surface area is 87.6 Å². The Hall–Kier alpha value is -0.620. The van der Waals surface area contributed by atoms with E-state index < -0.39 is 0 Å². The van der Waals surface area contributed by atoms with Gasteiger partial charge in [0, 0.05) is 0 Å². The highest BCUT2D eigenvalue weighted by atomic mass is 32.2. The smallest absolute Gasteiger partial charge is 0.165 e. The van der Waals surface area contributed by atoms with Gasteiger partial charge in [-0.25, -0.2) is 4.68 Å². The number of hydrogen-bond donors (Lipinski definition) is 1. The third kappa shape index (κ3) is 2.06. The first-order valence-corrected chi connectivity index (χ1v) is 6.06. The fourth-order valence-electron chi connectivity index (χ4n) is 1.70. The lowest BCUT2D eigenvalue weighted by Gasteiger charge is -2.21. The molecule has 1 aliphatic rings. The molecule has 0 spiro atoms. The second kappa shape index (κ2) is 4.75. The zero-order valence-corrected chi connectivity index (χ0v) is 9.13. The quantitative estimate of drug-likeness (QED) is 0.790. The molecule has 0 unspecified atom stereocenters. The van der Waals surface area contributed by atoms with E-state index in [4.69, 9.17) is 0 Å². The molecular weight excluding hydrogens is 198 g/mol. The zero-order valence-electron chi connectivity index (χ0n) is 8.31. The molecule has 1 fully saturated rings. The van der Waals surface area contributed by atoms with Crippen molar-refractivity contribution in [2.24, 2.45) is 0 Å². The van der Waals surface area contributed by atoms with Crippen LogP contribution in [0.4, 0.5) is 0 Å². The summed E-state index contributed by atoms with van der Waals surface area (Å²) in [6, 6.07) is 0.509. The minimum absolute atomic E-state index is 0.509. The Morgan fingerprint density at radius 3 is 3.00 bits per heavy atom. The van der Waals surface area contributed by atoms with E-state index in [1.807, 2.05) is 23.5 Å². The topological polar surface area (TPSA) is 55.6 Å². The molecule has 0 atom stereocenters. The number of nitrogens with zero attached hydrogens (tertiary/aromatic N) is 4. The molecule has 0 aliphatic carbocycles. The van der Waals surface area contributed by atoms with Crippen LogP contribution in [0.1, 0.15) is 24.7 Å². The lowest BCUT2D eigenvalue weighted by molar-refractivity contribution is 0.400. The van der Waals surface area contributed by atoms with Gasteiger partial charge < -0.3 is 5.32 Å². The molecule has 1 aliphatic heterocycles. The van der Waals surface area contributed by atoms with Gasteiger partial charge in [0.05, 0.1) is 12.6 Å². The molecule has 2 rings (SSSR count). The van der Waals surface area contributed by atoms with Crippen molar-refractivity contribution in [1.82, 2.24) is 25.5 Å². The molecule has 0 radical (unpaired) electrons. The summed E-state index contributed by atoms with van der Waals surface area (Å²) in [5.41, 5.74) is 0. The second-order valence-electron chi connectivity index (χ2n) is 3.41. The molecule has 0 aromatic carbocycles. The maximum Gasteiger partial charge on any atom is 0.165 e. The summed E-state index contributed by atoms with van der Waals surface area (Å²) in [5.74, 6) is 3.40. The Balaban J connectivity index is 2.09. The molecular formula is C8H15N5S. The largest absolute Gasteiger partial charge is 0.313 e. The molecule has 0 bridgehead atoms. The predicted octanol–water partition coefficient (Wildman–Crippen LogP) is 0.461. The van der Waals surface area contributed by atoms with Crippen molar-refractivity contribution >= 4 is 11.8 Å². The van der Waals surface area contributed by atoms with E-state index >= 15 is 0 Å². The third-order valence-electron chi connectivity index (χ3n) is 2.43. The van der Waals surface area contributed by atoms with E-state index in [1.54, 1.807) is 0 Å². The lowest BCUT2D eigenvalue weighted by Crippen LogP contribution is -2.21. The van der Waals surface area contributed by atoms with Crippen molar-refractivity contribution in [1.29, 1.82) is 0 Å². The third-order valence-corrected chi connectivity index (χ3v) is 3.48. The van der Waals surface area contributed by atoms with Gasteiger partial charge in [0.25, 0.3) is 0 Å². The summed E-state index contributed by atoms with van der Waals surface area (Å²) < 4.78 is 1.98. The number of rotatable bonds is 3. The minimum Gasteiger partial charge on any atom is -0.313 e. The molecule has 2 heterocycles. The summed E-state index contributed by atoms with van der Waals surface area (Å²) in [6.45, 7) is 0.747. The maximum absolute atomic E-state index is 4.06. The van der Waals surface area contributed by atoms with E-state index in [0.29, 0.717) is 6.04 Å². The van der Waals surface area contributed by atoms with Gasteiger partial charge in [-0.3, -0.25) is 0 Å². The summed E-state index contributed by atoms with van der Waals surface area (Å²) in [4.78, 5) is 0. The highest BCUT2D eigenvalue weighted by molar-refractivity contribution is 7.99. The van der Waals surface area contributed by atoms with Crippen LogP contribution in [0.2, 0.25) is 0 Å². The summed E-state index contributed by atoms with van der Waals surface area (Å²) >= 11 is 2.02. The summed E-state index contributed by atoms with van der Waals surface area (Å²) in [6.07, 6.45) is 2.37. The average molecular weight is 213 g/mol. The second-order valence-corrected chi connectivity index (χ2v) is 4.64. The molecule has 1 aromatic heterocycles. The van der Waals surface area contributed by atoms with E-state index in [9.17, 15) is 0 Å². The lowest BCUT2D eigenvalue weighted by atomic mass is 10.1. The Morgan fingerprint density at radius 1 is 1.50 bits per heavy atom. The molecule has 1 N–H and O–H groups in total. The number of tetrazole rings is 1. The van der Waals surface area contributed by atoms with E-state index in [2.05, 4.69) is 20.8 Å². The summed E-state index contributed by atoms with van der Waals surface area (Å²) in [5, 5.41) is 14.9. The van der Waals surface area contributed by atoms with Crippen molar-refractivity contribution in [3.8, 4) is 0 Å². The van der Waals surface area contributed by atoms with Crippen molar-refractivity contribution in [2.75, 3.05) is 18.6 Å². The first-order chi connectivity index (χ1) is 6.92.